The SMILES string of the molecule is COc1ccc(S(=O)(=O)C(N)(CC(C)(C)CCCNC(=O)N2CCOCC2)[C@H](O)[C@H](Cc2ccccc2)NC(=O)O[C@H]2CO[C@H]3OCC[C@H]32)cc1. The van der Waals surface area contributed by atoms with Crippen molar-refractivity contribution in [2.24, 2.45) is 17.1 Å². The van der Waals surface area contributed by atoms with Crippen molar-refractivity contribution in [3.63, 3.8) is 0 Å². The lowest BCUT2D eigenvalue weighted by Gasteiger charge is -2.42. The van der Waals surface area contributed by atoms with E-state index >= 15 is 0 Å². The number of amides is 3. The highest BCUT2D eigenvalue weighted by atomic mass is 32.2. The van der Waals surface area contributed by atoms with Gasteiger partial charge in [0.15, 0.2) is 21.0 Å². The van der Waals surface area contributed by atoms with Gasteiger partial charge in [0.05, 0.1) is 50.4 Å². The fourth-order valence-electron chi connectivity index (χ4n) is 7.13. The maximum atomic E-state index is 14.6. The Kier molecular flexibility index (Phi) is 12.8. The number of alkyl carbamates (subject to hydrolysis) is 1. The van der Waals surface area contributed by atoms with Crippen molar-refractivity contribution in [3.05, 3.63) is 60.2 Å². The zero-order chi connectivity index (χ0) is 36.6. The van der Waals surface area contributed by atoms with Crippen LogP contribution >= 0.6 is 0 Å². The molecule has 0 aromatic heterocycles. The first-order valence-corrected chi connectivity index (χ1v) is 19.0. The van der Waals surface area contributed by atoms with E-state index < -0.39 is 50.8 Å². The molecule has 3 fully saturated rings. The Morgan fingerprint density at radius 2 is 1.76 bits per heavy atom. The molecule has 282 valence electrons. The van der Waals surface area contributed by atoms with Gasteiger partial charge in [-0.15, -0.1) is 0 Å². The van der Waals surface area contributed by atoms with Crippen molar-refractivity contribution < 1.29 is 46.8 Å². The molecule has 51 heavy (non-hydrogen) atoms. The summed E-state index contributed by atoms with van der Waals surface area (Å²) in [6, 6.07) is 13.6. The number of carbonyl (C=O) groups excluding carboxylic acids is 2. The maximum Gasteiger partial charge on any atom is 0.407 e. The molecular formula is C36H52N4O10S. The number of ether oxygens (including phenoxy) is 5. The highest BCUT2D eigenvalue weighted by molar-refractivity contribution is 7.92. The first-order chi connectivity index (χ1) is 24.3. The van der Waals surface area contributed by atoms with Crippen LogP contribution in [0.15, 0.2) is 59.5 Å². The summed E-state index contributed by atoms with van der Waals surface area (Å²) in [4.78, 5) is 25.4. The number of fused-ring (bicyclic) bond motifs is 1. The fraction of sp³-hybridized carbons (Fsp3) is 0.611. The van der Waals surface area contributed by atoms with E-state index in [2.05, 4.69) is 10.6 Å². The third kappa shape index (κ3) is 9.50. The molecule has 5 N–H and O–H groups in total. The summed E-state index contributed by atoms with van der Waals surface area (Å²) < 4.78 is 56.8. The molecule has 2 aromatic rings. The minimum absolute atomic E-state index is 0.0680. The average molecular weight is 733 g/mol. The molecule has 3 aliphatic heterocycles. The van der Waals surface area contributed by atoms with Gasteiger partial charge in [0.2, 0.25) is 0 Å². The third-order valence-electron chi connectivity index (χ3n) is 9.96. The Balaban J connectivity index is 1.38. The number of rotatable bonds is 15. The molecule has 1 unspecified atom stereocenters. The van der Waals surface area contributed by atoms with Gasteiger partial charge in [0, 0.05) is 19.6 Å². The molecular weight excluding hydrogens is 680 g/mol. The van der Waals surface area contributed by atoms with Gasteiger partial charge >= 0.3 is 12.1 Å². The summed E-state index contributed by atoms with van der Waals surface area (Å²) in [5.74, 6) is 0.338. The molecule has 0 spiro atoms. The minimum Gasteiger partial charge on any atom is -0.497 e. The monoisotopic (exact) mass is 732 g/mol. The van der Waals surface area contributed by atoms with Crippen LogP contribution in [0.3, 0.4) is 0 Å². The molecule has 2 aromatic carbocycles. The van der Waals surface area contributed by atoms with Crippen molar-refractivity contribution in [1.29, 1.82) is 0 Å². The van der Waals surface area contributed by atoms with E-state index in [0.717, 1.165) is 5.56 Å². The van der Waals surface area contributed by atoms with E-state index in [1.807, 2.05) is 44.2 Å². The van der Waals surface area contributed by atoms with Crippen molar-refractivity contribution >= 4 is 22.0 Å². The topological polar surface area (TPSA) is 188 Å². The number of hydrogen-bond donors (Lipinski definition) is 4. The van der Waals surface area contributed by atoms with Gasteiger partial charge in [0.25, 0.3) is 0 Å². The summed E-state index contributed by atoms with van der Waals surface area (Å²) in [6.45, 7) is 6.81. The van der Waals surface area contributed by atoms with Crippen molar-refractivity contribution in [1.82, 2.24) is 15.5 Å². The first-order valence-electron chi connectivity index (χ1n) is 17.5. The lowest BCUT2D eigenvalue weighted by Crippen LogP contribution is -2.65. The van der Waals surface area contributed by atoms with Crippen molar-refractivity contribution in [3.8, 4) is 5.75 Å². The molecule has 3 aliphatic rings. The molecule has 3 heterocycles. The van der Waals surface area contributed by atoms with Gasteiger partial charge in [-0.1, -0.05) is 44.2 Å². The van der Waals surface area contributed by atoms with Crippen LogP contribution in [0.4, 0.5) is 9.59 Å². The number of aliphatic hydroxyl groups excluding tert-OH is 1. The summed E-state index contributed by atoms with van der Waals surface area (Å²) in [6.07, 6.45) is -2.02. The zero-order valence-corrected chi connectivity index (χ0v) is 30.4. The van der Waals surface area contributed by atoms with E-state index in [1.165, 1.54) is 31.4 Å². The average Bonchev–Trinajstić information content (AvgIpc) is 3.75. The second-order valence-corrected chi connectivity index (χ2v) is 16.5. The summed E-state index contributed by atoms with van der Waals surface area (Å²) in [5.41, 5.74) is 7.04. The predicted octanol–water partition coefficient (Wildman–Crippen LogP) is 2.82. The number of urea groups is 1. The van der Waals surface area contributed by atoms with Crippen LogP contribution in [0.25, 0.3) is 0 Å². The van der Waals surface area contributed by atoms with Crippen molar-refractivity contribution in [2.45, 2.75) is 80.3 Å². The highest BCUT2D eigenvalue weighted by Crippen LogP contribution is 2.40. The van der Waals surface area contributed by atoms with Crippen LogP contribution in [-0.2, 0) is 35.2 Å². The number of morpholine rings is 1. The van der Waals surface area contributed by atoms with E-state index in [9.17, 15) is 23.1 Å². The number of aliphatic hydroxyl groups is 1. The van der Waals surface area contributed by atoms with E-state index in [4.69, 9.17) is 29.4 Å². The second kappa shape index (κ2) is 16.9. The molecule has 0 bridgehead atoms. The highest BCUT2D eigenvalue weighted by Gasteiger charge is 2.53. The quantitative estimate of drug-likeness (QED) is 0.197. The molecule has 3 saturated heterocycles. The number of nitrogens with one attached hydrogen (secondary N) is 2. The Hall–Kier alpha value is -3.47. The summed E-state index contributed by atoms with van der Waals surface area (Å²) >= 11 is 0. The van der Waals surface area contributed by atoms with Crippen molar-refractivity contribution in [2.75, 3.05) is 53.2 Å². The Morgan fingerprint density at radius 1 is 1.06 bits per heavy atom. The molecule has 6 atom stereocenters. The van der Waals surface area contributed by atoms with Gasteiger partial charge in [-0.3, -0.25) is 0 Å². The number of hydrogen-bond acceptors (Lipinski definition) is 11. The van der Waals surface area contributed by atoms with E-state index in [0.29, 0.717) is 64.5 Å². The number of nitrogens with two attached hydrogens (primary N) is 1. The van der Waals surface area contributed by atoms with Gasteiger partial charge in [-0.05, 0) is 67.3 Å². The Morgan fingerprint density at radius 3 is 2.45 bits per heavy atom. The predicted molar refractivity (Wildman–Crippen MR) is 188 cm³/mol. The molecule has 3 amide bonds. The van der Waals surface area contributed by atoms with E-state index in [1.54, 1.807) is 4.90 Å². The van der Waals surface area contributed by atoms with Crippen LogP contribution in [0.1, 0.15) is 45.1 Å². The molecule has 0 aliphatic carbocycles. The second-order valence-electron chi connectivity index (χ2n) is 14.3. The van der Waals surface area contributed by atoms with Crippen LogP contribution in [0.2, 0.25) is 0 Å². The van der Waals surface area contributed by atoms with Gasteiger partial charge in [-0.25, -0.2) is 18.0 Å². The Labute approximate surface area is 300 Å². The smallest absolute Gasteiger partial charge is 0.407 e. The van der Waals surface area contributed by atoms with Crippen LogP contribution in [-0.4, -0.2) is 113 Å². The summed E-state index contributed by atoms with van der Waals surface area (Å²) in [7, 11) is -2.99. The zero-order valence-electron chi connectivity index (χ0n) is 29.6. The minimum atomic E-state index is -4.47. The van der Waals surface area contributed by atoms with E-state index in [-0.39, 0.29) is 36.3 Å². The fourth-order valence-corrected chi connectivity index (χ4v) is 9.13. The molecule has 0 radical (unpaired) electrons. The normalized spacial score (nSPS) is 23.1. The maximum absolute atomic E-state index is 14.6. The number of methoxy groups -OCH3 is 1. The third-order valence-corrected chi connectivity index (χ3v) is 12.2. The number of sulfone groups is 1. The number of carbonyl (C=O) groups is 2. The molecule has 15 heteroatoms. The van der Waals surface area contributed by atoms with Gasteiger partial charge < -0.3 is 50.1 Å². The standard InChI is InChI=1S/C36H52N4O10S/c1-35(2,15-7-16-38-33(42)40-17-20-47-21-18-40)24-36(37,51(44,45)27-12-10-26(46-3)11-13-27)31(41)29(22-25-8-5-4-6-9-25)39-34(43)50-30-23-49-32-28(30)14-19-48-32/h4-6,8-13,28-32,41H,7,14-24,37H2,1-3H3,(H,38,42)(H,39,43)/t28-,29-,30-,31+,32+,36?/m0/s1. The number of benzene rings is 2. The van der Waals surface area contributed by atoms with Gasteiger partial charge in [-0.2, -0.15) is 0 Å². The summed E-state index contributed by atoms with van der Waals surface area (Å²) in [5, 5.41) is 18.0. The lowest BCUT2D eigenvalue weighted by atomic mass is 9.78. The van der Waals surface area contributed by atoms with Gasteiger partial charge in [0.1, 0.15) is 18.0 Å². The molecule has 0 saturated carbocycles. The number of nitrogens with zero attached hydrogens (tertiary/aromatic N) is 1. The van der Waals surface area contributed by atoms with Crippen LogP contribution in [0, 0.1) is 11.3 Å². The van der Waals surface area contributed by atoms with Crippen LogP contribution < -0.4 is 21.1 Å². The van der Waals surface area contributed by atoms with Crippen LogP contribution in [0.5, 0.6) is 5.75 Å². The molecule has 5 rings (SSSR count). The lowest BCUT2D eigenvalue weighted by molar-refractivity contribution is -0.0907. The first kappa shape index (κ1) is 38.8. The molecule has 14 nitrogen and oxygen atoms in total. The Bertz CT molecular complexity index is 1560. The largest absolute Gasteiger partial charge is 0.497 e.